The number of pyridine rings is 2. The highest BCUT2D eigenvalue weighted by atomic mass is 16.3. The molecular formula is C27H24N6O3. The van der Waals surface area contributed by atoms with Crippen molar-refractivity contribution >= 4 is 22.8 Å². The van der Waals surface area contributed by atoms with Crippen LogP contribution in [0, 0.1) is 0 Å². The number of nitrogens with zero attached hydrogens (tertiary/aromatic N) is 4. The lowest BCUT2D eigenvalue weighted by Crippen LogP contribution is -2.30. The van der Waals surface area contributed by atoms with Gasteiger partial charge in [0.1, 0.15) is 12.3 Å². The van der Waals surface area contributed by atoms with E-state index in [2.05, 4.69) is 20.7 Å². The fourth-order valence-corrected chi connectivity index (χ4v) is 3.83. The van der Waals surface area contributed by atoms with Gasteiger partial charge in [-0.05, 0) is 35.9 Å². The number of aromatic nitrogens is 4. The van der Waals surface area contributed by atoms with Gasteiger partial charge in [-0.3, -0.25) is 14.6 Å². The van der Waals surface area contributed by atoms with Crippen LogP contribution in [0.15, 0.2) is 89.9 Å². The Morgan fingerprint density at radius 2 is 1.81 bits per heavy atom. The Balaban J connectivity index is 1.33. The maximum absolute atomic E-state index is 13.2. The highest BCUT2D eigenvalue weighted by molar-refractivity contribution is 6.06. The molecule has 0 aliphatic heterocycles. The van der Waals surface area contributed by atoms with E-state index < -0.39 is 0 Å². The quantitative estimate of drug-likeness (QED) is 0.333. The third kappa shape index (κ3) is 5.30. The zero-order valence-corrected chi connectivity index (χ0v) is 19.4. The predicted octanol–water partition coefficient (Wildman–Crippen LogP) is 3.57. The number of hydrogen-bond donors (Lipinski definition) is 2. The maximum Gasteiger partial charge on any atom is 0.252 e. The van der Waals surface area contributed by atoms with Crippen LogP contribution in [0.2, 0.25) is 0 Å². The van der Waals surface area contributed by atoms with Gasteiger partial charge in [0.25, 0.3) is 5.91 Å². The molecule has 9 nitrogen and oxygen atoms in total. The molecule has 0 bridgehead atoms. The van der Waals surface area contributed by atoms with Gasteiger partial charge in [0, 0.05) is 37.5 Å². The van der Waals surface area contributed by atoms with Crippen LogP contribution >= 0.6 is 0 Å². The molecular weight excluding hydrogens is 456 g/mol. The van der Waals surface area contributed by atoms with Crippen molar-refractivity contribution in [1.29, 1.82) is 0 Å². The molecule has 2 amide bonds. The van der Waals surface area contributed by atoms with Gasteiger partial charge in [-0.25, -0.2) is 9.67 Å². The van der Waals surface area contributed by atoms with Crippen molar-refractivity contribution in [3.8, 4) is 11.3 Å². The lowest BCUT2D eigenvalue weighted by atomic mass is 10.1. The molecule has 9 heteroatoms. The van der Waals surface area contributed by atoms with Crippen LogP contribution in [0.5, 0.6) is 0 Å². The number of furan rings is 1. The lowest BCUT2D eigenvalue weighted by Gasteiger charge is -2.10. The van der Waals surface area contributed by atoms with Gasteiger partial charge in [-0.2, -0.15) is 5.10 Å². The molecule has 0 radical (unpaired) electrons. The molecule has 0 aliphatic carbocycles. The van der Waals surface area contributed by atoms with E-state index >= 15 is 0 Å². The van der Waals surface area contributed by atoms with Crippen molar-refractivity contribution in [2.45, 2.75) is 19.5 Å². The third-order valence-corrected chi connectivity index (χ3v) is 5.69. The SMILES string of the molecule is O=C(CCNC(=O)c1cc(-c2ccccc2)nc2c1cnn2Cc1ccco1)NCc1ccncc1. The minimum absolute atomic E-state index is 0.150. The average Bonchev–Trinajstić information content (AvgIpc) is 3.58. The van der Waals surface area contributed by atoms with Gasteiger partial charge in [0.2, 0.25) is 5.91 Å². The van der Waals surface area contributed by atoms with E-state index in [4.69, 9.17) is 9.40 Å². The van der Waals surface area contributed by atoms with E-state index in [1.807, 2.05) is 54.6 Å². The first-order valence-corrected chi connectivity index (χ1v) is 11.6. The van der Waals surface area contributed by atoms with Gasteiger partial charge in [0.05, 0.1) is 29.1 Å². The van der Waals surface area contributed by atoms with E-state index in [9.17, 15) is 9.59 Å². The minimum atomic E-state index is -0.293. The Bertz CT molecular complexity index is 1460. The molecule has 5 aromatic rings. The van der Waals surface area contributed by atoms with Crippen LogP contribution < -0.4 is 10.6 Å². The number of nitrogens with one attached hydrogen (secondary N) is 2. The summed E-state index contributed by atoms with van der Waals surface area (Å²) in [6, 6.07) is 18.8. The standard InChI is InChI=1S/C27H24N6O3/c34-25(30-16-19-8-11-28-12-9-19)10-13-29-27(35)22-15-24(20-5-2-1-3-6-20)32-26-23(22)17-31-33(26)18-21-7-4-14-36-21/h1-9,11-12,14-15,17H,10,13,16,18H2,(H,29,35)(H,30,34). The van der Waals surface area contributed by atoms with Gasteiger partial charge < -0.3 is 15.1 Å². The largest absolute Gasteiger partial charge is 0.467 e. The summed E-state index contributed by atoms with van der Waals surface area (Å²) >= 11 is 0. The molecule has 0 unspecified atom stereocenters. The van der Waals surface area contributed by atoms with E-state index in [0.717, 1.165) is 16.9 Å². The van der Waals surface area contributed by atoms with E-state index in [1.165, 1.54) is 0 Å². The Morgan fingerprint density at radius 3 is 2.58 bits per heavy atom. The summed E-state index contributed by atoms with van der Waals surface area (Å²) < 4.78 is 7.18. The van der Waals surface area contributed by atoms with E-state index in [1.54, 1.807) is 35.6 Å². The highest BCUT2D eigenvalue weighted by Gasteiger charge is 2.18. The third-order valence-electron chi connectivity index (χ3n) is 5.69. The number of carbonyl (C=O) groups is 2. The van der Waals surface area contributed by atoms with Crippen molar-refractivity contribution in [2.24, 2.45) is 0 Å². The number of carbonyl (C=O) groups excluding carboxylic acids is 2. The number of benzene rings is 1. The van der Waals surface area contributed by atoms with Crippen LogP contribution in [0.25, 0.3) is 22.3 Å². The van der Waals surface area contributed by atoms with Crippen LogP contribution in [-0.2, 0) is 17.9 Å². The Morgan fingerprint density at radius 1 is 0.972 bits per heavy atom. The molecule has 0 atom stereocenters. The molecule has 4 aromatic heterocycles. The summed E-state index contributed by atoms with van der Waals surface area (Å²) in [5.74, 6) is 0.290. The van der Waals surface area contributed by atoms with Crippen LogP contribution in [-0.4, -0.2) is 38.1 Å². The van der Waals surface area contributed by atoms with Crippen LogP contribution in [0.4, 0.5) is 0 Å². The Kier molecular flexibility index (Phi) is 6.79. The molecule has 0 fully saturated rings. The summed E-state index contributed by atoms with van der Waals surface area (Å²) in [6.45, 7) is 1.00. The zero-order chi connectivity index (χ0) is 24.7. The molecule has 180 valence electrons. The second kappa shape index (κ2) is 10.6. The van der Waals surface area contributed by atoms with Crippen molar-refractivity contribution < 1.29 is 14.0 Å². The van der Waals surface area contributed by atoms with Gasteiger partial charge in [0.15, 0.2) is 5.65 Å². The zero-order valence-electron chi connectivity index (χ0n) is 19.4. The van der Waals surface area contributed by atoms with Crippen LogP contribution in [0.1, 0.15) is 28.1 Å². The number of fused-ring (bicyclic) bond motifs is 1. The summed E-state index contributed by atoms with van der Waals surface area (Å²) in [5.41, 5.74) is 3.52. The molecule has 2 N–H and O–H groups in total. The highest BCUT2D eigenvalue weighted by Crippen LogP contribution is 2.25. The monoisotopic (exact) mass is 480 g/mol. The smallest absolute Gasteiger partial charge is 0.252 e. The Labute approximate surface area is 207 Å². The lowest BCUT2D eigenvalue weighted by molar-refractivity contribution is -0.121. The van der Waals surface area contributed by atoms with Crippen molar-refractivity contribution in [3.63, 3.8) is 0 Å². The van der Waals surface area contributed by atoms with Crippen molar-refractivity contribution in [1.82, 2.24) is 30.4 Å². The Hall–Kier alpha value is -4.79. The number of hydrogen-bond acceptors (Lipinski definition) is 6. The summed E-state index contributed by atoms with van der Waals surface area (Å²) in [7, 11) is 0. The molecule has 0 aliphatic rings. The predicted molar refractivity (Wildman–Crippen MR) is 134 cm³/mol. The second-order valence-corrected chi connectivity index (χ2v) is 8.18. The molecule has 0 spiro atoms. The number of rotatable bonds is 9. The maximum atomic E-state index is 13.2. The fraction of sp³-hybridized carbons (Fsp3) is 0.148. The summed E-state index contributed by atoms with van der Waals surface area (Å²) in [6.07, 6.45) is 6.76. The molecule has 36 heavy (non-hydrogen) atoms. The average molecular weight is 481 g/mol. The fourth-order valence-electron chi connectivity index (χ4n) is 3.83. The molecule has 0 saturated carbocycles. The molecule has 5 rings (SSSR count). The molecule has 0 saturated heterocycles. The summed E-state index contributed by atoms with van der Waals surface area (Å²) in [4.78, 5) is 34.2. The second-order valence-electron chi connectivity index (χ2n) is 8.18. The van der Waals surface area contributed by atoms with Crippen molar-refractivity contribution in [3.05, 3.63) is 102 Å². The van der Waals surface area contributed by atoms with Gasteiger partial charge in [-0.15, -0.1) is 0 Å². The topological polar surface area (TPSA) is 115 Å². The minimum Gasteiger partial charge on any atom is -0.467 e. The van der Waals surface area contributed by atoms with Gasteiger partial charge >= 0.3 is 0 Å². The van der Waals surface area contributed by atoms with Crippen molar-refractivity contribution in [2.75, 3.05) is 6.54 Å². The normalized spacial score (nSPS) is 10.9. The van der Waals surface area contributed by atoms with Gasteiger partial charge in [-0.1, -0.05) is 30.3 Å². The summed E-state index contributed by atoms with van der Waals surface area (Å²) in [5, 5.41) is 10.8. The number of amides is 2. The van der Waals surface area contributed by atoms with E-state index in [0.29, 0.717) is 35.4 Å². The molecule has 4 heterocycles. The first-order valence-electron chi connectivity index (χ1n) is 11.6. The molecule has 1 aromatic carbocycles. The van der Waals surface area contributed by atoms with Crippen LogP contribution in [0.3, 0.4) is 0 Å². The van der Waals surface area contributed by atoms with E-state index in [-0.39, 0.29) is 24.8 Å². The first kappa shape index (κ1) is 23.0. The first-order chi connectivity index (χ1) is 17.7.